The van der Waals surface area contributed by atoms with Crippen LogP contribution in [0, 0.1) is 11.7 Å². The molecule has 0 aliphatic carbocycles. The molecule has 0 unspecified atom stereocenters. The summed E-state index contributed by atoms with van der Waals surface area (Å²) >= 11 is 0. The number of halogens is 1. The summed E-state index contributed by atoms with van der Waals surface area (Å²) in [6.45, 7) is 9.31. The average molecular weight is 223 g/mol. The summed E-state index contributed by atoms with van der Waals surface area (Å²) < 4.78 is 13.2. The first-order chi connectivity index (χ1) is 7.49. The maximum Gasteiger partial charge on any atom is 0.123 e. The molecule has 0 aliphatic rings. The molecule has 1 aromatic carbocycles. The molecule has 16 heavy (non-hydrogen) atoms. The highest BCUT2D eigenvalue weighted by Crippen LogP contribution is 2.15. The van der Waals surface area contributed by atoms with E-state index in [2.05, 4.69) is 33.0 Å². The lowest BCUT2D eigenvalue weighted by Gasteiger charge is -2.14. The molecule has 0 spiro atoms. The van der Waals surface area contributed by atoms with Crippen LogP contribution in [0.1, 0.15) is 38.8 Å². The number of hydrogen-bond donors (Lipinski definition) is 1. The maximum atomic E-state index is 13.2. The van der Waals surface area contributed by atoms with Crippen molar-refractivity contribution in [2.45, 2.75) is 46.7 Å². The zero-order chi connectivity index (χ0) is 12.1. The van der Waals surface area contributed by atoms with Crippen molar-refractivity contribution in [1.82, 2.24) is 5.32 Å². The fraction of sp³-hybridized carbons (Fsp3) is 0.571. The van der Waals surface area contributed by atoms with Crippen molar-refractivity contribution in [3.8, 4) is 0 Å². The van der Waals surface area contributed by atoms with Gasteiger partial charge in [-0.1, -0.05) is 33.8 Å². The number of nitrogens with one attached hydrogen (secondary N) is 1. The van der Waals surface area contributed by atoms with Gasteiger partial charge in [-0.3, -0.25) is 0 Å². The highest BCUT2D eigenvalue weighted by Gasteiger charge is 2.06. The minimum Gasteiger partial charge on any atom is -0.310 e. The second kappa shape index (κ2) is 6.00. The number of hydrogen-bond acceptors (Lipinski definition) is 1. The molecular weight excluding hydrogens is 201 g/mol. The second-order valence-corrected chi connectivity index (χ2v) is 5.05. The monoisotopic (exact) mass is 223 g/mol. The van der Waals surface area contributed by atoms with Gasteiger partial charge in [0.2, 0.25) is 0 Å². The molecule has 0 aromatic heterocycles. The van der Waals surface area contributed by atoms with Crippen molar-refractivity contribution < 1.29 is 4.39 Å². The van der Waals surface area contributed by atoms with Crippen LogP contribution in [0.5, 0.6) is 0 Å². The minimum atomic E-state index is -0.145. The van der Waals surface area contributed by atoms with E-state index >= 15 is 0 Å². The van der Waals surface area contributed by atoms with Gasteiger partial charge < -0.3 is 5.32 Å². The quantitative estimate of drug-likeness (QED) is 0.805. The molecule has 1 aromatic rings. The van der Waals surface area contributed by atoms with Crippen LogP contribution in [-0.4, -0.2) is 6.04 Å². The van der Waals surface area contributed by atoms with Gasteiger partial charge in [0.1, 0.15) is 5.82 Å². The number of benzene rings is 1. The summed E-state index contributed by atoms with van der Waals surface area (Å²) in [4.78, 5) is 0. The van der Waals surface area contributed by atoms with Crippen LogP contribution in [0.2, 0.25) is 0 Å². The van der Waals surface area contributed by atoms with E-state index in [1.807, 2.05) is 6.07 Å². The molecule has 1 N–H and O–H groups in total. The zero-order valence-electron chi connectivity index (χ0n) is 10.7. The van der Waals surface area contributed by atoms with Crippen LogP contribution in [-0.2, 0) is 13.0 Å². The van der Waals surface area contributed by atoms with Gasteiger partial charge in [0.15, 0.2) is 0 Å². The van der Waals surface area contributed by atoms with Crippen molar-refractivity contribution in [3.05, 3.63) is 35.1 Å². The van der Waals surface area contributed by atoms with Gasteiger partial charge in [0, 0.05) is 12.6 Å². The van der Waals surface area contributed by atoms with Crippen LogP contribution < -0.4 is 5.32 Å². The van der Waals surface area contributed by atoms with Crippen molar-refractivity contribution in [1.29, 1.82) is 0 Å². The van der Waals surface area contributed by atoms with Crippen LogP contribution in [0.3, 0.4) is 0 Å². The van der Waals surface area contributed by atoms with Gasteiger partial charge in [-0.05, 0) is 35.6 Å². The Balaban J connectivity index is 2.81. The summed E-state index contributed by atoms with van der Waals surface area (Å²) in [7, 11) is 0. The Morgan fingerprint density at radius 3 is 2.38 bits per heavy atom. The summed E-state index contributed by atoms with van der Waals surface area (Å²) in [6.07, 6.45) is 1.01. The van der Waals surface area contributed by atoms with Crippen molar-refractivity contribution >= 4 is 0 Å². The fourth-order valence-electron chi connectivity index (χ4n) is 1.71. The van der Waals surface area contributed by atoms with Gasteiger partial charge in [0.25, 0.3) is 0 Å². The zero-order valence-corrected chi connectivity index (χ0v) is 10.7. The summed E-state index contributed by atoms with van der Waals surface area (Å²) in [6, 6.07) is 5.53. The highest BCUT2D eigenvalue weighted by atomic mass is 19.1. The van der Waals surface area contributed by atoms with E-state index in [9.17, 15) is 4.39 Å². The van der Waals surface area contributed by atoms with Crippen LogP contribution in [0.15, 0.2) is 18.2 Å². The van der Waals surface area contributed by atoms with Crippen molar-refractivity contribution in [2.75, 3.05) is 0 Å². The normalized spacial score (nSPS) is 11.4. The first kappa shape index (κ1) is 13.2. The molecule has 0 fully saturated rings. The van der Waals surface area contributed by atoms with Gasteiger partial charge >= 0.3 is 0 Å². The van der Waals surface area contributed by atoms with Crippen LogP contribution >= 0.6 is 0 Å². The molecule has 0 radical (unpaired) electrons. The Morgan fingerprint density at radius 2 is 1.81 bits per heavy atom. The largest absolute Gasteiger partial charge is 0.310 e. The van der Waals surface area contributed by atoms with Crippen LogP contribution in [0.4, 0.5) is 4.39 Å². The lowest BCUT2D eigenvalue weighted by molar-refractivity contribution is 0.571. The molecule has 2 heteroatoms. The average Bonchev–Trinajstić information content (AvgIpc) is 2.17. The molecule has 1 nitrogen and oxygen atoms in total. The van der Waals surface area contributed by atoms with E-state index in [-0.39, 0.29) is 5.82 Å². The lowest BCUT2D eigenvalue weighted by Crippen LogP contribution is -2.22. The summed E-state index contributed by atoms with van der Waals surface area (Å²) in [5, 5.41) is 3.34. The molecule has 0 heterocycles. The Kier molecular flexibility index (Phi) is 4.94. The third-order valence-electron chi connectivity index (χ3n) is 2.50. The molecule has 0 saturated heterocycles. The molecule has 90 valence electrons. The first-order valence-corrected chi connectivity index (χ1v) is 5.99. The van der Waals surface area contributed by atoms with Gasteiger partial charge in [-0.25, -0.2) is 4.39 Å². The maximum absolute atomic E-state index is 13.2. The second-order valence-electron chi connectivity index (χ2n) is 5.05. The van der Waals surface area contributed by atoms with Crippen molar-refractivity contribution in [3.63, 3.8) is 0 Å². The SMILES string of the molecule is CC(C)Cc1ccc(F)cc1CNC(C)C. The molecule has 0 bridgehead atoms. The summed E-state index contributed by atoms with van der Waals surface area (Å²) in [5.41, 5.74) is 2.34. The topological polar surface area (TPSA) is 12.0 Å². The molecule has 0 amide bonds. The molecule has 0 aliphatic heterocycles. The van der Waals surface area contributed by atoms with Crippen LogP contribution in [0.25, 0.3) is 0 Å². The number of rotatable bonds is 5. The van der Waals surface area contributed by atoms with E-state index in [0.717, 1.165) is 18.5 Å². The lowest BCUT2D eigenvalue weighted by atomic mass is 9.97. The molecular formula is C14H22FN. The van der Waals surface area contributed by atoms with E-state index in [1.54, 1.807) is 12.1 Å². The third-order valence-corrected chi connectivity index (χ3v) is 2.50. The van der Waals surface area contributed by atoms with Gasteiger partial charge in [-0.2, -0.15) is 0 Å². The van der Waals surface area contributed by atoms with E-state index in [4.69, 9.17) is 0 Å². The van der Waals surface area contributed by atoms with Gasteiger partial charge in [0.05, 0.1) is 0 Å². The van der Waals surface area contributed by atoms with Crippen molar-refractivity contribution in [2.24, 2.45) is 5.92 Å². The molecule has 1 rings (SSSR count). The highest BCUT2D eigenvalue weighted by molar-refractivity contribution is 5.28. The first-order valence-electron chi connectivity index (χ1n) is 5.99. The standard InChI is InChI=1S/C14H22FN/c1-10(2)7-12-5-6-14(15)8-13(12)9-16-11(3)4/h5-6,8,10-11,16H,7,9H2,1-4H3. The summed E-state index contributed by atoms with van der Waals surface area (Å²) in [5.74, 6) is 0.455. The Bertz CT molecular complexity index is 332. The Hall–Kier alpha value is -0.890. The Labute approximate surface area is 98.1 Å². The van der Waals surface area contributed by atoms with E-state index < -0.39 is 0 Å². The molecule has 0 atom stereocenters. The molecule has 0 saturated carbocycles. The predicted octanol–water partition coefficient (Wildman–Crippen LogP) is 3.52. The van der Waals surface area contributed by atoms with E-state index in [0.29, 0.717) is 12.0 Å². The minimum absolute atomic E-state index is 0.145. The fourth-order valence-corrected chi connectivity index (χ4v) is 1.71. The third kappa shape index (κ3) is 4.31. The van der Waals surface area contributed by atoms with Gasteiger partial charge in [-0.15, -0.1) is 0 Å². The predicted molar refractivity (Wildman–Crippen MR) is 66.9 cm³/mol. The smallest absolute Gasteiger partial charge is 0.123 e. The van der Waals surface area contributed by atoms with E-state index in [1.165, 1.54) is 5.56 Å². The Morgan fingerprint density at radius 1 is 1.12 bits per heavy atom.